The molecule has 9 nitrogen and oxygen atoms in total. The third-order valence-corrected chi connectivity index (χ3v) is 6.74. The third-order valence-electron chi connectivity index (χ3n) is 6.33. The maximum absolute atomic E-state index is 12.8. The Bertz CT molecular complexity index is 1450. The van der Waals surface area contributed by atoms with Crippen LogP contribution in [0.25, 0.3) is 11.8 Å². The normalized spacial score (nSPS) is 13.8. The Morgan fingerprint density at radius 1 is 1.16 bits per heavy atom. The van der Waals surface area contributed by atoms with Crippen LogP contribution in [0.2, 0.25) is 5.02 Å². The van der Waals surface area contributed by atoms with Gasteiger partial charge in [0.2, 0.25) is 0 Å². The number of ether oxygens (including phenoxy) is 1. The summed E-state index contributed by atoms with van der Waals surface area (Å²) in [4.78, 5) is 26.3. The highest BCUT2D eigenvalue weighted by Crippen LogP contribution is 2.33. The van der Waals surface area contributed by atoms with Crippen molar-refractivity contribution < 1.29 is 14.5 Å². The molecule has 0 bridgehead atoms. The molecule has 0 saturated carbocycles. The van der Waals surface area contributed by atoms with Crippen molar-refractivity contribution in [3.63, 3.8) is 0 Å². The van der Waals surface area contributed by atoms with Crippen molar-refractivity contribution in [1.82, 2.24) is 4.57 Å². The minimum absolute atomic E-state index is 0.0119. The van der Waals surface area contributed by atoms with Gasteiger partial charge in [0.05, 0.1) is 23.8 Å². The minimum Gasteiger partial charge on any atom is -0.378 e. The molecule has 1 aromatic heterocycles. The van der Waals surface area contributed by atoms with Gasteiger partial charge in [0.25, 0.3) is 11.6 Å². The molecule has 190 valence electrons. The van der Waals surface area contributed by atoms with Gasteiger partial charge in [-0.25, -0.2) is 0 Å². The summed E-state index contributed by atoms with van der Waals surface area (Å²) in [6, 6.07) is 14.1. The first-order chi connectivity index (χ1) is 17.7. The molecule has 1 aliphatic heterocycles. The van der Waals surface area contributed by atoms with E-state index in [0.717, 1.165) is 17.0 Å². The Labute approximate surface area is 219 Å². The second-order valence-electron chi connectivity index (χ2n) is 8.78. The zero-order valence-corrected chi connectivity index (χ0v) is 21.5. The number of hydrogen-bond acceptors (Lipinski definition) is 6. The van der Waals surface area contributed by atoms with Gasteiger partial charge in [0, 0.05) is 41.3 Å². The van der Waals surface area contributed by atoms with Crippen molar-refractivity contribution in [2.24, 2.45) is 0 Å². The maximum atomic E-state index is 12.8. The number of carbonyl (C=O) groups is 1. The first-order valence-electron chi connectivity index (χ1n) is 11.7. The number of nitro benzene ring substituents is 1. The summed E-state index contributed by atoms with van der Waals surface area (Å²) in [5.41, 5.74) is 4.68. The van der Waals surface area contributed by atoms with Crippen LogP contribution in [0.1, 0.15) is 22.5 Å². The predicted molar refractivity (Wildman–Crippen MR) is 143 cm³/mol. The number of halogens is 1. The predicted octanol–water partition coefficient (Wildman–Crippen LogP) is 5.35. The zero-order chi connectivity index (χ0) is 26.7. The molecule has 10 heteroatoms. The van der Waals surface area contributed by atoms with E-state index in [4.69, 9.17) is 16.3 Å². The molecule has 2 heterocycles. The number of carbonyl (C=O) groups excluding carboxylic acids is 1. The zero-order valence-electron chi connectivity index (χ0n) is 20.7. The molecular weight excluding hydrogens is 494 g/mol. The van der Waals surface area contributed by atoms with Crippen molar-refractivity contribution in [3.8, 4) is 11.8 Å². The molecule has 1 amide bonds. The second-order valence-corrected chi connectivity index (χ2v) is 9.19. The van der Waals surface area contributed by atoms with Crippen molar-refractivity contribution in [1.29, 1.82) is 5.26 Å². The lowest BCUT2D eigenvalue weighted by Gasteiger charge is -2.28. The molecule has 0 atom stereocenters. The molecule has 0 unspecified atom stereocenters. The molecule has 1 N–H and O–H groups in total. The number of aryl methyl sites for hydroxylation is 2. The smallest absolute Gasteiger partial charge is 0.294 e. The van der Waals surface area contributed by atoms with Crippen molar-refractivity contribution >= 4 is 40.6 Å². The molecule has 1 saturated heterocycles. The van der Waals surface area contributed by atoms with Gasteiger partial charge < -0.3 is 19.5 Å². The lowest BCUT2D eigenvalue weighted by atomic mass is 10.1. The van der Waals surface area contributed by atoms with Crippen LogP contribution in [0.4, 0.5) is 17.1 Å². The van der Waals surface area contributed by atoms with Crippen LogP contribution in [0.15, 0.2) is 48.0 Å². The number of anilines is 2. The van der Waals surface area contributed by atoms with Crippen LogP contribution in [0.5, 0.6) is 0 Å². The Balaban J connectivity index is 1.66. The molecule has 0 radical (unpaired) electrons. The second kappa shape index (κ2) is 10.9. The van der Waals surface area contributed by atoms with Crippen LogP contribution >= 0.6 is 11.6 Å². The largest absolute Gasteiger partial charge is 0.378 e. The molecule has 3 aromatic rings. The van der Waals surface area contributed by atoms with Gasteiger partial charge in [-0.15, -0.1) is 0 Å². The lowest BCUT2D eigenvalue weighted by Crippen LogP contribution is -2.36. The first-order valence-corrected chi connectivity index (χ1v) is 12.1. The Morgan fingerprint density at radius 2 is 1.89 bits per heavy atom. The van der Waals surface area contributed by atoms with Crippen LogP contribution < -0.4 is 10.2 Å². The van der Waals surface area contributed by atoms with E-state index in [1.165, 1.54) is 6.08 Å². The summed E-state index contributed by atoms with van der Waals surface area (Å²) in [6.07, 6.45) is 1.51. The number of nitriles is 1. The van der Waals surface area contributed by atoms with Gasteiger partial charge in [0.15, 0.2) is 0 Å². The van der Waals surface area contributed by atoms with E-state index in [0.29, 0.717) is 54.0 Å². The summed E-state index contributed by atoms with van der Waals surface area (Å²) in [5, 5.41) is 24.8. The number of nitrogens with zero attached hydrogens (tertiary/aromatic N) is 4. The fourth-order valence-corrected chi connectivity index (χ4v) is 4.55. The molecule has 2 aromatic carbocycles. The van der Waals surface area contributed by atoms with Crippen LogP contribution in [0, 0.1) is 42.2 Å². The van der Waals surface area contributed by atoms with Gasteiger partial charge in [-0.1, -0.05) is 17.7 Å². The average Bonchev–Trinajstić information content (AvgIpc) is 3.17. The summed E-state index contributed by atoms with van der Waals surface area (Å²) in [5.74, 6) is -0.558. The van der Waals surface area contributed by atoms with E-state index in [-0.39, 0.29) is 16.2 Å². The highest BCUT2D eigenvalue weighted by molar-refractivity contribution is 6.31. The summed E-state index contributed by atoms with van der Waals surface area (Å²) >= 11 is 6.14. The number of amides is 1. The fraction of sp³-hybridized carbons (Fsp3) is 0.259. The van der Waals surface area contributed by atoms with Crippen LogP contribution in [0.3, 0.4) is 0 Å². The number of benzene rings is 2. The van der Waals surface area contributed by atoms with Crippen LogP contribution in [-0.4, -0.2) is 41.7 Å². The van der Waals surface area contributed by atoms with Crippen molar-refractivity contribution in [2.45, 2.75) is 20.8 Å². The fourth-order valence-electron chi connectivity index (χ4n) is 4.37. The van der Waals surface area contributed by atoms with Crippen LogP contribution in [-0.2, 0) is 9.53 Å². The molecule has 0 aliphatic carbocycles. The van der Waals surface area contributed by atoms with E-state index < -0.39 is 5.91 Å². The highest BCUT2D eigenvalue weighted by Gasteiger charge is 2.23. The summed E-state index contributed by atoms with van der Waals surface area (Å²) in [6.45, 7) is 7.79. The number of hydrogen-bond donors (Lipinski definition) is 1. The van der Waals surface area contributed by atoms with E-state index in [1.54, 1.807) is 30.3 Å². The van der Waals surface area contributed by atoms with Gasteiger partial charge in [-0.2, -0.15) is 5.26 Å². The molecule has 37 heavy (non-hydrogen) atoms. The molecule has 4 rings (SSSR count). The molecular formula is C27H26ClN5O4. The first kappa shape index (κ1) is 25.9. The standard InChI is InChI=1S/C27H26ClN5O4/c1-17-4-5-22(14-24(17)28)30-27(34)21(16-29)13-20-12-18(2)32(19(20)3)23-6-7-25(26(15-23)33(35)36)31-8-10-37-11-9-31/h4-7,12-15H,8-11H2,1-3H3,(H,30,34)/b21-13-. The topological polar surface area (TPSA) is 113 Å². The molecule has 1 fully saturated rings. The van der Waals surface area contributed by atoms with Crippen molar-refractivity contribution in [3.05, 3.63) is 85.7 Å². The minimum atomic E-state index is -0.558. The summed E-state index contributed by atoms with van der Waals surface area (Å²) in [7, 11) is 0. The Morgan fingerprint density at radius 3 is 2.54 bits per heavy atom. The SMILES string of the molecule is Cc1ccc(NC(=O)/C(C#N)=C\c2cc(C)n(-c3ccc(N4CCOCC4)c([N+](=O)[O-])c3)c2C)cc1Cl. The van der Waals surface area contributed by atoms with E-state index in [9.17, 15) is 20.2 Å². The van der Waals surface area contributed by atoms with Gasteiger partial charge in [-0.3, -0.25) is 14.9 Å². The number of rotatable bonds is 6. The number of nitrogens with one attached hydrogen (secondary N) is 1. The van der Waals surface area contributed by atoms with E-state index >= 15 is 0 Å². The summed E-state index contributed by atoms with van der Waals surface area (Å²) < 4.78 is 7.24. The van der Waals surface area contributed by atoms with Gasteiger partial charge in [0.1, 0.15) is 17.3 Å². The number of aromatic nitrogens is 1. The van der Waals surface area contributed by atoms with E-state index in [2.05, 4.69) is 5.32 Å². The van der Waals surface area contributed by atoms with E-state index in [1.807, 2.05) is 48.4 Å². The molecule has 0 spiro atoms. The highest BCUT2D eigenvalue weighted by atomic mass is 35.5. The van der Waals surface area contributed by atoms with Gasteiger partial charge in [-0.05, 0) is 68.3 Å². The Kier molecular flexibility index (Phi) is 7.62. The monoisotopic (exact) mass is 519 g/mol. The number of morpholine rings is 1. The number of nitro groups is 1. The maximum Gasteiger partial charge on any atom is 0.294 e. The van der Waals surface area contributed by atoms with Gasteiger partial charge >= 0.3 is 0 Å². The van der Waals surface area contributed by atoms with Crippen molar-refractivity contribution in [2.75, 3.05) is 36.5 Å². The average molecular weight is 520 g/mol. The lowest BCUT2D eigenvalue weighted by molar-refractivity contribution is -0.384. The quantitative estimate of drug-likeness (QED) is 0.203. The third kappa shape index (κ3) is 5.50. The molecule has 1 aliphatic rings. The Hall–Kier alpha value is -4.13.